The van der Waals surface area contributed by atoms with E-state index in [0.717, 1.165) is 7.11 Å². The number of amides is 2. The van der Waals surface area contributed by atoms with Crippen LogP contribution in [0.1, 0.15) is 26.4 Å². The maximum Gasteiger partial charge on any atom is 0.331 e. The van der Waals surface area contributed by atoms with Gasteiger partial charge in [-0.3, -0.25) is 19.5 Å². The highest BCUT2D eigenvalue weighted by Gasteiger charge is 2.45. The fourth-order valence-electron chi connectivity index (χ4n) is 3.96. The molecule has 1 atom stereocenters. The van der Waals surface area contributed by atoms with E-state index >= 15 is 0 Å². The lowest BCUT2D eigenvalue weighted by molar-refractivity contribution is -0.146. The molecule has 11 nitrogen and oxygen atoms in total. The largest absolute Gasteiger partial charge is 0.467 e. The quantitative estimate of drug-likeness (QED) is 0.467. The van der Waals surface area contributed by atoms with Crippen molar-refractivity contribution in [3.63, 3.8) is 0 Å². The summed E-state index contributed by atoms with van der Waals surface area (Å²) in [6.07, 6.45) is 0. The van der Waals surface area contributed by atoms with Crippen molar-refractivity contribution in [1.29, 1.82) is 0 Å². The summed E-state index contributed by atoms with van der Waals surface area (Å²) >= 11 is 0. The predicted molar refractivity (Wildman–Crippen MR) is 109 cm³/mol. The fraction of sp³-hybridized carbons (Fsp3) is 0.400. The Labute approximate surface area is 183 Å². The molecule has 1 aromatic carbocycles. The highest BCUT2D eigenvalue weighted by molar-refractivity contribution is 7.89. The van der Waals surface area contributed by atoms with Gasteiger partial charge in [-0.1, -0.05) is 0 Å². The monoisotopic (exact) mass is 463 g/mol. The second-order valence-electron chi connectivity index (χ2n) is 7.34. The summed E-state index contributed by atoms with van der Waals surface area (Å²) in [7, 11) is -2.78. The molecule has 1 saturated heterocycles. The number of rotatable bonds is 5. The summed E-state index contributed by atoms with van der Waals surface area (Å²) in [5, 5.41) is 9.79. The van der Waals surface area contributed by atoms with Crippen LogP contribution in [0, 0.1) is 6.92 Å². The number of carbonyl (C=O) groups excluding carboxylic acids is 3. The number of benzene rings is 1. The van der Waals surface area contributed by atoms with Crippen LogP contribution in [0.4, 0.5) is 0 Å². The van der Waals surface area contributed by atoms with Gasteiger partial charge in [0.1, 0.15) is 0 Å². The van der Waals surface area contributed by atoms with Gasteiger partial charge in [-0.05, 0) is 25.1 Å². The first kappa shape index (κ1) is 22.3. The molecular formula is C20H21N3O8S. The summed E-state index contributed by atoms with van der Waals surface area (Å²) in [5.41, 5.74) is 0.479. The number of sulfonamides is 1. The molecule has 0 saturated carbocycles. The van der Waals surface area contributed by atoms with Crippen molar-refractivity contribution in [2.75, 3.05) is 40.0 Å². The molecule has 2 aromatic rings. The van der Waals surface area contributed by atoms with Gasteiger partial charge in [0, 0.05) is 18.5 Å². The van der Waals surface area contributed by atoms with E-state index in [1.807, 2.05) is 0 Å². The second kappa shape index (κ2) is 8.20. The zero-order valence-electron chi connectivity index (χ0n) is 17.4. The van der Waals surface area contributed by atoms with Gasteiger partial charge in [0.2, 0.25) is 10.0 Å². The predicted octanol–water partition coefficient (Wildman–Crippen LogP) is -0.306. The molecular weight excluding hydrogens is 442 g/mol. The number of aryl methyl sites for hydroxylation is 1. The van der Waals surface area contributed by atoms with Gasteiger partial charge in [-0.25, -0.2) is 13.2 Å². The van der Waals surface area contributed by atoms with Crippen molar-refractivity contribution in [2.24, 2.45) is 0 Å². The number of hydrogen-bond donors (Lipinski definition) is 1. The van der Waals surface area contributed by atoms with Crippen molar-refractivity contribution in [1.82, 2.24) is 14.2 Å². The van der Waals surface area contributed by atoms with Crippen LogP contribution in [0.2, 0.25) is 0 Å². The van der Waals surface area contributed by atoms with Crippen molar-refractivity contribution >= 4 is 38.7 Å². The van der Waals surface area contributed by atoms with E-state index in [0.29, 0.717) is 10.4 Å². The number of morpholine rings is 1. The third kappa shape index (κ3) is 3.35. The Balaban J connectivity index is 1.87. The summed E-state index contributed by atoms with van der Waals surface area (Å²) < 4.78 is 37.3. The number of imide groups is 1. The van der Waals surface area contributed by atoms with Crippen molar-refractivity contribution in [3.8, 4) is 0 Å². The van der Waals surface area contributed by atoms with E-state index in [4.69, 9.17) is 4.74 Å². The van der Waals surface area contributed by atoms with Crippen LogP contribution >= 0.6 is 0 Å². The molecule has 12 heteroatoms. The van der Waals surface area contributed by atoms with Crippen LogP contribution in [0.25, 0.3) is 10.9 Å². The smallest absolute Gasteiger partial charge is 0.331 e. The average Bonchev–Trinajstić information content (AvgIpc) is 3.06. The minimum absolute atomic E-state index is 0.0363. The molecule has 3 heterocycles. The maximum absolute atomic E-state index is 13.2. The highest BCUT2D eigenvalue weighted by atomic mass is 32.2. The maximum atomic E-state index is 13.2. The number of ether oxygens (including phenoxy) is 2. The van der Waals surface area contributed by atoms with Gasteiger partial charge in [0.25, 0.3) is 11.8 Å². The Morgan fingerprint density at radius 2 is 1.88 bits per heavy atom. The van der Waals surface area contributed by atoms with Gasteiger partial charge < -0.3 is 14.6 Å². The Kier molecular flexibility index (Phi) is 5.71. The standard InChI is InChI=1S/C20H21N3O8S/c1-11-16-17(19(26)23(18(16)25)15(10-24)20(27)30-2)13-9-12(3-4-14(13)21-11)32(28,29)22-5-7-31-8-6-22/h3-4,9,15,24H,5-8,10H2,1-2H3/t15-/m0/s1. The molecule has 0 spiro atoms. The molecule has 32 heavy (non-hydrogen) atoms. The van der Waals surface area contributed by atoms with E-state index in [2.05, 4.69) is 9.72 Å². The number of hydrogen-bond acceptors (Lipinski definition) is 9. The Morgan fingerprint density at radius 1 is 1.22 bits per heavy atom. The minimum Gasteiger partial charge on any atom is -0.467 e. The zero-order valence-corrected chi connectivity index (χ0v) is 18.2. The molecule has 2 aliphatic rings. The summed E-state index contributed by atoms with van der Waals surface area (Å²) in [6.45, 7) is 1.68. The van der Waals surface area contributed by atoms with E-state index in [1.165, 1.54) is 29.4 Å². The van der Waals surface area contributed by atoms with Crippen molar-refractivity contribution in [3.05, 3.63) is 35.0 Å². The topological polar surface area (TPSA) is 143 Å². The van der Waals surface area contributed by atoms with Crippen LogP contribution in [-0.2, 0) is 24.3 Å². The van der Waals surface area contributed by atoms with Gasteiger partial charge in [0.15, 0.2) is 6.04 Å². The number of esters is 1. The van der Waals surface area contributed by atoms with Gasteiger partial charge in [-0.2, -0.15) is 4.31 Å². The average molecular weight is 463 g/mol. The second-order valence-corrected chi connectivity index (χ2v) is 9.28. The number of fused-ring (bicyclic) bond motifs is 3. The summed E-state index contributed by atoms with van der Waals surface area (Å²) in [5.74, 6) is -2.58. The molecule has 0 radical (unpaired) electrons. The lowest BCUT2D eigenvalue weighted by atomic mass is 10.0. The summed E-state index contributed by atoms with van der Waals surface area (Å²) in [6, 6.07) is 2.66. The zero-order chi connectivity index (χ0) is 23.2. The Hall–Kier alpha value is -2.93. The van der Waals surface area contributed by atoms with Gasteiger partial charge >= 0.3 is 5.97 Å². The highest BCUT2D eigenvalue weighted by Crippen LogP contribution is 2.34. The SMILES string of the molecule is COC(=O)[C@H](CO)N1C(=O)c2c(C)nc3ccc(S(=O)(=O)N4CCOCC4)cc3c2C1=O. The number of aliphatic hydroxyl groups is 1. The first-order valence-corrected chi connectivity index (χ1v) is 11.2. The molecule has 1 fully saturated rings. The normalized spacial score (nSPS) is 18.2. The lowest BCUT2D eigenvalue weighted by Gasteiger charge is -2.26. The minimum atomic E-state index is -3.86. The third-order valence-electron chi connectivity index (χ3n) is 5.57. The van der Waals surface area contributed by atoms with E-state index < -0.39 is 40.5 Å². The van der Waals surface area contributed by atoms with E-state index in [9.17, 15) is 27.9 Å². The van der Waals surface area contributed by atoms with Crippen LogP contribution in [-0.4, -0.2) is 91.6 Å². The van der Waals surface area contributed by atoms with Crippen LogP contribution in [0.3, 0.4) is 0 Å². The number of aromatic nitrogens is 1. The van der Waals surface area contributed by atoms with Crippen LogP contribution in [0.15, 0.2) is 23.1 Å². The van der Waals surface area contributed by atoms with Crippen molar-refractivity contribution < 1.29 is 37.4 Å². The fourth-order valence-corrected chi connectivity index (χ4v) is 5.39. The first-order chi connectivity index (χ1) is 15.2. The molecule has 0 bridgehead atoms. The molecule has 1 N–H and O–H groups in total. The first-order valence-electron chi connectivity index (χ1n) is 9.81. The molecule has 4 rings (SSSR count). The third-order valence-corrected chi connectivity index (χ3v) is 7.46. The van der Waals surface area contributed by atoms with Crippen LogP contribution in [0.5, 0.6) is 0 Å². The van der Waals surface area contributed by atoms with Gasteiger partial charge in [-0.15, -0.1) is 0 Å². The van der Waals surface area contributed by atoms with E-state index in [-0.39, 0.29) is 53.4 Å². The van der Waals surface area contributed by atoms with Crippen molar-refractivity contribution in [2.45, 2.75) is 17.9 Å². The Bertz CT molecular complexity index is 1240. The number of aliphatic hydroxyl groups excluding tert-OH is 1. The summed E-state index contributed by atoms with van der Waals surface area (Å²) in [4.78, 5) is 43.2. The molecule has 2 amide bonds. The lowest BCUT2D eigenvalue weighted by Crippen LogP contribution is -2.47. The number of methoxy groups -OCH3 is 1. The molecule has 2 aliphatic heterocycles. The molecule has 170 valence electrons. The van der Waals surface area contributed by atoms with Crippen LogP contribution < -0.4 is 0 Å². The molecule has 1 aromatic heterocycles. The molecule has 0 unspecified atom stereocenters. The van der Waals surface area contributed by atoms with E-state index in [1.54, 1.807) is 0 Å². The van der Waals surface area contributed by atoms with Gasteiger partial charge in [0.05, 0.1) is 54.2 Å². The Morgan fingerprint density at radius 3 is 2.50 bits per heavy atom. The number of nitrogens with zero attached hydrogens (tertiary/aromatic N) is 3. The number of carbonyl (C=O) groups is 3. The molecule has 0 aliphatic carbocycles. The number of pyridine rings is 1.